The lowest BCUT2D eigenvalue weighted by Crippen LogP contribution is -2.38. The number of aliphatic hydroxyl groups is 1. The molecular formula is C14H17NO3S. The molecule has 0 fully saturated rings. The number of rotatable bonds is 3. The Labute approximate surface area is 113 Å². The molecule has 5 heteroatoms. The molecule has 1 N–H and O–H groups in total. The summed E-state index contributed by atoms with van der Waals surface area (Å²) in [7, 11) is -3.40. The van der Waals surface area contributed by atoms with E-state index in [4.69, 9.17) is 0 Å². The largest absolute Gasteiger partial charge is 0.387 e. The Bertz CT molecular complexity index is 702. The fraction of sp³-hybridized carbons (Fsp3) is 0.357. The average Bonchev–Trinajstić information content (AvgIpc) is 2.36. The maximum Gasteiger partial charge on any atom is 0.155 e. The number of hydrogen-bond donors (Lipinski definition) is 1. The fourth-order valence-electron chi connectivity index (χ4n) is 1.93. The molecule has 0 saturated heterocycles. The maximum absolute atomic E-state index is 11.8. The normalized spacial score (nSPS) is 14.5. The van der Waals surface area contributed by atoms with Crippen LogP contribution in [0.3, 0.4) is 0 Å². The van der Waals surface area contributed by atoms with Gasteiger partial charge in [-0.1, -0.05) is 24.3 Å². The highest BCUT2D eigenvalue weighted by atomic mass is 32.2. The Balaban J connectivity index is 2.63. The van der Waals surface area contributed by atoms with E-state index in [0.717, 1.165) is 11.6 Å². The average molecular weight is 279 g/mol. The molecule has 0 aliphatic heterocycles. The first-order valence-electron chi connectivity index (χ1n) is 5.96. The number of benzene rings is 1. The number of nitrogens with zero attached hydrogens (tertiary/aromatic N) is 1. The summed E-state index contributed by atoms with van der Waals surface area (Å²) in [6.45, 7) is 3.05. The highest BCUT2D eigenvalue weighted by Crippen LogP contribution is 2.34. The van der Waals surface area contributed by atoms with Gasteiger partial charge < -0.3 is 5.11 Å². The third-order valence-electron chi connectivity index (χ3n) is 3.57. The first-order valence-corrected chi connectivity index (χ1v) is 7.85. The maximum atomic E-state index is 11.8. The van der Waals surface area contributed by atoms with Crippen LogP contribution in [0.5, 0.6) is 0 Å². The number of fused-ring (bicyclic) bond motifs is 1. The third kappa shape index (κ3) is 2.35. The number of para-hydroxylation sites is 1. The van der Waals surface area contributed by atoms with Crippen molar-refractivity contribution in [1.82, 2.24) is 4.98 Å². The van der Waals surface area contributed by atoms with Gasteiger partial charge in [-0.2, -0.15) is 0 Å². The molecule has 19 heavy (non-hydrogen) atoms. The number of aromatic nitrogens is 1. The molecule has 1 aromatic carbocycles. The van der Waals surface area contributed by atoms with E-state index >= 15 is 0 Å². The second-order valence-corrected chi connectivity index (χ2v) is 7.80. The lowest BCUT2D eigenvalue weighted by atomic mass is 9.96. The minimum absolute atomic E-state index is 0.536. The van der Waals surface area contributed by atoms with Crippen LogP contribution in [0.4, 0.5) is 0 Å². The zero-order chi connectivity index (χ0) is 14.3. The Morgan fingerprint density at radius 3 is 2.47 bits per heavy atom. The summed E-state index contributed by atoms with van der Waals surface area (Å²) in [6, 6.07) is 9.08. The Kier molecular flexibility index (Phi) is 3.36. The minimum atomic E-state index is -3.40. The van der Waals surface area contributed by atoms with Crippen molar-refractivity contribution in [3.8, 4) is 0 Å². The van der Waals surface area contributed by atoms with Crippen LogP contribution in [0.15, 0.2) is 36.5 Å². The van der Waals surface area contributed by atoms with Gasteiger partial charge in [-0.25, -0.2) is 8.42 Å². The summed E-state index contributed by atoms with van der Waals surface area (Å²) in [5, 5.41) is 11.3. The van der Waals surface area contributed by atoms with Crippen molar-refractivity contribution >= 4 is 20.7 Å². The van der Waals surface area contributed by atoms with E-state index in [2.05, 4.69) is 4.98 Å². The summed E-state index contributed by atoms with van der Waals surface area (Å²) in [5.74, 6) is 0. The topological polar surface area (TPSA) is 67.3 Å². The smallest absolute Gasteiger partial charge is 0.155 e. The number of sulfone groups is 1. The molecule has 102 valence electrons. The van der Waals surface area contributed by atoms with Crippen molar-refractivity contribution in [3.63, 3.8) is 0 Å². The van der Waals surface area contributed by atoms with E-state index in [1.165, 1.54) is 13.8 Å². The van der Waals surface area contributed by atoms with Crippen molar-refractivity contribution in [3.05, 3.63) is 42.1 Å². The lowest BCUT2D eigenvalue weighted by Gasteiger charge is -2.29. The first-order chi connectivity index (χ1) is 8.75. The Morgan fingerprint density at radius 2 is 1.84 bits per heavy atom. The monoisotopic (exact) mass is 279 g/mol. The number of aliphatic hydroxyl groups excluding tert-OH is 1. The predicted octanol–water partition coefficient (Wildman–Crippen LogP) is 2.09. The summed E-state index contributed by atoms with van der Waals surface area (Å²) < 4.78 is 22.4. The predicted molar refractivity (Wildman–Crippen MR) is 75.6 cm³/mol. The molecule has 0 aliphatic carbocycles. The molecule has 0 radical (unpaired) electrons. The summed E-state index contributed by atoms with van der Waals surface area (Å²) in [6.07, 6.45) is 1.64. The lowest BCUT2D eigenvalue weighted by molar-refractivity contribution is 0.140. The summed E-state index contributed by atoms with van der Waals surface area (Å²) in [4.78, 5) is 4.24. The van der Waals surface area contributed by atoms with Crippen molar-refractivity contribution < 1.29 is 13.5 Å². The van der Waals surface area contributed by atoms with Crippen LogP contribution < -0.4 is 0 Å². The second kappa shape index (κ2) is 4.58. The van der Waals surface area contributed by atoms with E-state index in [0.29, 0.717) is 11.1 Å². The van der Waals surface area contributed by atoms with Crippen molar-refractivity contribution in [2.24, 2.45) is 0 Å². The Morgan fingerprint density at radius 1 is 1.21 bits per heavy atom. The zero-order valence-electron chi connectivity index (χ0n) is 11.2. The second-order valence-electron chi connectivity index (χ2n) is 5.20. The van der Waals surface area contributed by atoms with Gasteiger partial charge in [-0.05, 0) is 19.9 Å². The molecule has 0 spiro atoms. The van der Waals surface area contributed by atoms with E-state index in [-0.39, 0.29) is 0 Å². The molecule has 1 heterocycles. The van der Waals surface area contributed by atoms with Crippen molar-refractivity contribution in [2.45, 2.75) is 24.7 Å². The third-order valence-corrected chi connectivity index (χ3v) is 5.71. The quantitative estimate of drug-likeness (QED) is 0.934. The van der Waals surface area contributed by atoms with Crippen molar-refractivity contribution in [2.75, 3.05) is 6.26 Å². The highest BCUT2D eigenvalue weighted by molar-refractivity contribution is 7.92. The van der Waals surface area contributed by atoms with Gasteiger partial charge in [0.25, 0.3) is 0 Å². The van der Waals surface area contributed by atoms with E-state index in [9.17, 15) is 13.5 Å². The van der Waals surface area contributed by atoms with Gasteiger partial charge in [0.15, 0.2) is 9.84 Å². The van der Waals surface area contributed by atoms with Gasteiger partial charge in [-0.15, -0.1) is 0 Å². The van der Waals surface area contributed by atoms with Gasteiger partial charge in [0.2, 0.25) is 0 Å². The molecule has 0 amide bonds. The van der Waals surface area contributed by atoms with E-state index in [1.807, 2.05) is 12.1 Å². The number of pyridine rings is 1. The van der Waals surface area contributed by atoms with Crippen LogP contribution >= 0.6 is 0 Å². The van der Waals surface area contributed by atoms with Crippen LogP contribution in [0.2, 0.25) is 0 Å². The molecule has 1 atom stereocenters. The first kappa shape index (κ1) is 14.0. The molecule has 2 aromatic rings. The summed E-state index contributed by atoms with van der Waals surface area (Å²) >= 11 is 0. The van der Waals surface area contributed by atoms with Gasteiger partial charge in [0, 0.05) is 23.4 Å². The van der Waals surface area contributed by atoms with Crippen LogP contribution in [-0.2, 0) is 9.84 Å². The van der Waals surface area contributed by atoms with Crippen LogP contribution in [0.1, 0.15) is 25.5 Å². The van der Waals surface area contributed by atoms with Crippen LogP contribution in [0, 0.1) is 0 Å². The van der Waals surface area contributed by atoms with Crippen LogP contribution in [0.25, 0.3) is 10.9 Å². The molecule has 0 aliphatic rings. The van der Waals surface area contributed by atoms with E-state index in [1.54, 1.807) is 24.4 Å². The molecule has 0 bridgehead atoms. The molecule has 0 saturated carbocycles. The SMILES string of the molecule is CC(C)(C(O)c1cccc2cccnc12)S(C)(=O)=O. The molecule has 1 aromatic heterocycles. The molecule has 2 rings (SSSR count). The standard InChI is InChI=1S/C14H17NO3S/c1-14(2,19(3,17)18)13(16)11-8-4-6-10-7-5-9-15-12(10)11/h4-9,13,16H,1-3H3. The molecule has 4 nitrogen and oxygen atoms in total. The zero-order valence-corrected chi connectivity index (χ0v) is 12.0. The van der Waals surface area contributed by atoms with Crippen LogP contribution in [-0.4, -0.2) is 29.5 Å². The molecule has 1 unspecified atom stereocenters. The highest BCUT2D eigenvalue weighted by Gasteiger charge is 2.39. The van der Waals surface area contributed by atoms with E-state index < -0.39 is 20.7 Å². The minimum Gasteiger partial charge on any atom is -0.387 e. The number of hydrogen-bond acceptors (Lipinski definition) is 4. The van der Waals surface area contributed by atoms with Gasteiger partial charge >= 0.3 is 0 Å². The fourth-order valence-corrected chi connectivity index (χ4v) is 2.46. The van der Waals surface area contributed by atoms with Gasteiger partial charge in [0.05, 0.1) is 10.3 Å². The Hall–Kier alpha value is -1.46. The van der Waals surface area contributed by atoms with Gasteiger partial charge in [0.1, 0.15) is 6.10 Å². The molecular weight excluding hydrogens is 262 g/mol. The van der Waals surface area contributed by atoms with Gasteiger partial charge in [-0.3, -0.25) is 4.98 Å². The van der Waals surface area contributed by atoms with Crippen molar-refractivity contribution in [1.29, 1.82) is 0 Å². The summed E-state index contributed by atoms with van der Waals surface area (Å²) in [5.41, 5.74) is 1.17.